The summed E-state index contributed by atoms with van der Waals surface area (Å²) in [6.45, 7) is 10.7. The summed E-state index contributed by atoms with van der Waals surface area (Å²) in [7, 11) is -3.64. The maximum atomic E-state index is 12.6. The summed E-state index contributed by atoms with van der Waals surface area (Å²) in [5.41, 5.74) is 2.77. The van der Waals surface area contributed by atoms with Crippen molar-refractivity contribution in [1.82, 2.24) is 14.5 Å². The van der Waals surface area contributed by atoms with Gasteiger partial charge in [0.25, 0.3) is 0 Å². The lowest BCUT2D eigenvalue weighted by atomic mass is 10.2. The van der Waals surface area contributed by atoms with Crippen LogP contribution in [0.4, 0.5) is 5.69 Å². The zero-order chi connectivity index (χ0) is 19.6. The smallest absolute Gasteiger partial charge is 0.248 e. The van der Waals surface area contributed by atoms with Crippen molar-refractivity contribution in [1.29, 1.82) is 0 Å². The van der Waals surface area contributed by atoms with Crippen LogP contribution in [0.25, 0.3) is 0 Å². The molecule has 2 aromatic rings. The topological polar surface area (TPSA) is 93.1 Å². The van der Waals surface area contributed by atoms with Gasteiger partial charge in [-0.25, -0.2) is 13.1 Å². The Morgan fingerprint density at radius 2 is 1.77 bits per heavy atom. The van der Waals surface area contributed by atoms with Gasteiger partial charge in [0.15, 0.2) is 0 Å². The summed E-state index contributed by atoms with van der Waals surface area (Å²) in [6.07, 6.45) is 0. The second-order valence-corrected chi connectivity index (χ2v) is 8.48. The minimum Gasteiger partial charge on any atom is -0.324 e. The molecule has 1 aromatic carbocycles. The molecule has 1 amide bonds. The highest BCUT2D eigenvalue weighted by atomic mass is 32.2. The molecule has 0 radical (unpaired) electrons. The van der Waals surface area contributed by atoms with E-state index in [1.165, 1.54) is 6.07 Å². The molecule has 7 nitrogen and oxygen atoms in total. The monoisotopic (exact) mass is 378 g/mol. The second-order valence-electron chi connectivity index (χ2n) is 6.79. The number of nitrogens with zero attached hydrogens (tertiary/aromatic N) is 2. The van der Waals surface area contributed by atoms with Crippen molar-refractivity contribution in [2.24, 2.45) is 0 Å². The predicted molar refractivity (Wildman–Crippen MR) is 102 cm³/mol. The lowest BCUT2D eigenvalue weighted by Gasteiger charge is -2.16. The molecular weight excluding hydrogens is 352 g/mol. The molecule has 0 aliphatic rings. The largest absolute Gasteiger partial charge is 0.324 e. The highest BCUT2D eigenvalue weighted by molar-refractivity contribution is 7.89. The van der Waals surface area contributed by atoms with Crippen molar-refractivity contribution in [2.45, 2.75) is 58.5 Å². The first-order valence-corrected chi connectivity index (χ1v) is 9.96. The Labute approximate surface area is 154 Å². The molecule has 0 bridgehead atoms. The number of carbonyl (C=O) groups is 1. The molecule has 0 fully saturated rings. The fourth-order valence-corrected chi connectivity index (χ4v) is 4.26. The van der Waals surface area contributed by atoms with Crippen LogP contribution in [0, 0.1) is 20.8 Å². The number of nitrogens with one attached hydrogen (secondary N) is 2. The number of hydrogen-bond donors (Lipinski definition) is 2. The quantitative estimate of drug-likeness (QED) is 0.808. The van der Waals surface area contributed by atoms with Gasteiger partial charge in [0.2, 0.25) is 15.9 Å². The molecule has 0 spiro atoms. The van der Waals surface area contributed by atoms with Crippen LogP contribution in [0.3, 0.4) is 0 Å². The first-order chi connectivity index (χ1) is 12.0. The van der Waals surface area contributed by atoms with E-state index in [4.69, 9.17) is 0 Å². The summed E-state index contributed by atoms with van der Waals surface area (Å²) < 4.78 is 29.1. The molecule has 2 rings (SSSR count). The van der Waals surface area contributed by atoms with Crippen molar-refractivity contribution >= 4 is 21.6 Å². The van der Waals surface area contributed by atoms with Crippen LogP contribution in [0.1, 0.15) is 43.8 Å². The molecule has 1 heterocycles. The van der Waals surface area contributed by atoms with Crippen molar-refractivity contribution in [3.63, 3.8) is 0 Å². The van der Waals surface area contributed by atoms with Crippen LogP contribution >= 0.6 is 0 Å². The van der Waals surface area contributed by atoms with Crippen LogP contribution in [-0.2, 0) is 14.8 Å². The third kappa shape index (κ3) is 4.50. The Morgan fingerprint density at radius 3 is 2.31 bits per heavy atom. The van der Waals surface area contributed by atoms with Crippen LogP contribution in [-0.4, -0.2) is 30.1 Å². The van der Waals surface area contributed by atoms with Crippen LogP contribution < -0.4 is 10.0 Å². The van der Waals surface area contributed by atoms with Crippen LogP contribution in [0.5, 0.6) is 0 Å². The van der Waals surface area contributed by atoms with E-state index in [0.717, 1.165) is 11.4 Å². The maximum absolute atomic E-state index is 12.6. The number of hydrogen-bond acceptors (Lipinski definition) is 4. The minimum absolute atomic E-state index is 0.155. The van der Waals surface area contributed by atoms with Gasteiger partial charge in [0.1, 0.15) is 6.04 Å². The van der Waals surface area contributed by atoms with Crippen LogP contribution in [0.2, 0.25) is 0 Å². The fraction of sp³-hybridized carbons (Fsp3) is 0.444. The molecule has 1 atom stereocenters. The molecule has 142 valence electrons. The third-order valence-electron chi connectivity index (χ3n) is 3.93. The number of carbonyl (C=O) groups excluding carboxylic acids is 1. The van der Waals surface area contributed by atoms with E-state index in [-0.39, 0.29) is 16.8 Å². The molecule has 1 unspecified atom stereocenters. The zero-order valence-electron chi connectivity index (χ0n) is 16.0. The number of amides is 1. The average Bonchev–Trinajstić information content (AvgIpc) is 2.85. The van der Waals surface area contributed by atoms with Crippen molar-refractivity contribution in [3.05, 3.63) is 41.2 Å². The van der Waals surface area contributed by atoms with Gasteiger partial charge in [-0.15, -0.1) is 0 Å². The van der Waals surface area contributed by atoms with E-state index >= 15 is 0 Å². The van der Waals surface area contributed by atoms with Crippen molar-refractivity contribution in [2.75, 3.05) is 5.32 Å². The molecule has 26 heavy (non-hydrogen) atoms. The van der Waals surface area contributed by atoms with Gasteiger partial charge in [-0.05, 0) is 65.3 Å². The fourth-order valence-electron chi connectivity index (χ4n) is 2.74. The molecule has 8 heteroatoms. The number of anilines is 1. The number of rotatable bonds is 6. The number of sulfonamides is 1. The predicted octanol–water partition coefficient (Wildman–Crippen LogP) is 2.69. The summed E-state index contributed by atoms with van der Waals surface area (Å²) in [6, 6.07) is 6.01. The van der Waals surface area contributed by atoms with Crippen molar-refractivity contribution < 1.29 is 13.2 Å². The Bertz CT molecular complexity index is 917. The molecule has 0 aliphatic heterocycles. The number of aromatic nitrogens is 2. The third-order valence-corrected chi connectivity index (χ3v) is 5.73. The summed E-state index contributed by atoms with van der Waals surface area (Å²) in [4.78, 5) is 12.7. The van der Waals surface area contributed by atoms with E-state index in [1.807, 2.05) is 19.9 Å². The van der Waals surface area contributed by atoms with E-state index in [9.17, 15) is 13.2 Å². The van der Waals surface area contributed by atoms with E-state index < -0.39 is 16.1 Å². The molecule has 0 aliphatic carbocycles. The Hall–Kier alpha value is -2.19. The van der Waals surface area contributed by atoms with E-state index in [2.05, 4.69) is 15.1 Å². The van der Waals surface area contributed by atoms with Gasteiger partial charge < -0.3 is 5.32 Å². The van der Waals surface area contributed by atoms with Gasteiger partial charge in [0.05, 0.1) is 10.6 Å². The molecule has 0 saturated carbocycles. The second kappa shape index (κ2) is 7.59. The van der Waals surface area contributed by atoms with Gasteiger partial charge in [-0.2, -0.15) is 5.10 Å². The normalized spacial score (nSPS) is 13.0. The van der Waals surface area contributed by atoms with Crippen molar-refractivity contribution in [3.8, 4) is 0 Å². The van der Waals surface area contributed by atoms with Gasteiger partial charge in [0, 0.05) is 17.4 Å². The first kappa shape index (κ1) is 20.1. The first-order valence-electron chi connectivity index (χ1n) is 8.48. The number of aryl methyl sites for hydroxylation is 3. The molecular formula is C18H26N4O3S. The Morgan fingerprint density at radius 1 is 1.12 bits per heavy atom. The Kier molecular flexibility index (Phi) is 5.87. The lowest BCUT2D eigenvalue weighted by Crippen LogP contribution is -2.31. The standard InChI is InChI=1S/C18H26N4O3S/c1-11(2)21-26(24,25)17-10-16(8-7-12(17)3)19-18(23)15(6)22-14(5)9-13(4)20-22/h7-11,15,21H,1-6H3,(H,19,23). The van der Waals surface area contributed by atoms with Gasteiger partial charge in [-0.3, -0.25) is 9.48 Å². The zero-order valence-corrected chi connectivity index (χ0v) is 16.8. The average molecular weight is 378 g/mol. The molecule has 2 N–H and O–H groups in total. The maximum Gasteiger partial charge on any atom is 0.248 e. The van der Waals surface area contributed by atoms with E-state index in [0.29, 0.717) is 11.3 Å². The minimum atomic E-state index is -3.64. The summed E-state index contributed by atoms with van der Waals surface area (Å²) in [5.74, 6) is -0.264. The highest BCUT2D eigenvalue weighted by Gasteiger charge is 2.21. The Balaban J connectivity index is 2.26. The number of benzene rings is 1. The highest BCUT2D eigenvalue weighted by Crippen LogP contribution is 2.22. The van der Waals surface area contributed by atoms with E-state index in [1.54, 1.807) is 44.5 Å². The summed E-state index contributed by atoms with van der Waals surface area (Å²) in [5, 5.41) is 7.10. The van der Waals surface area contributed by atoms with Gasteiger partial charge >= 0.3 is 0 Å². The summed E-state index contributed by atoms with van der Waals surface area (Å²) >= 11 is 0. The van der Waals surface area contributed by atoms with Crippen LogP contribution in [0.15, 0.2) is 29.2 Å². The van der Waals surface area contributed by atoms with Gasteiger partial charge in [-0.1, -0.05) is 6.07 Å². The lowest BCUT2D eigenvalue weighted by molar-refractivity contribution is -0.119. The molecule has 0 saturated heterocycles. The molecule has 1 aromatic heterocycles. The SMILES string of the molecule is Cc1cc(C)n(C(C)C(=O)Nc2ccc(C)c(S(=O)(=O)NC(C)C)c2)n1.